The molecule has 2 N–H and O–H groups in total. The summed E-state index contributed by atoms with van der Waals surface area (Å²) in [5.41, 5.74) is 3.81. The lowest BCUT2D eigenvalue weighted by Gasteiger charge is -2.38. The first-order valence-electron chi connectivity index (χ1n) is 8.27. The Bertz CT molecular complexity index is 702. The zero-order valence-electron chi connectivity index (χ0n) is 13.6. The fraction of sp³-hybridized carbons (Fsp3) is 0.333. The van der Waals surface area contributed by atoms with E-state index < -0.39 is 0 Å². The average molecular weight is 308 g/mol. The van der Waals surface area contributed by atoms with Gasteiger partial charge in [0.15, 0.2) is 0 Å². The number of hydrogen-bond acceptors (Lipinski definition) is 2. The molecule has 120 valence electrons. The van der Waals surface area contributed by atoms with E-state index in [9.17, 15) is 10.2 Å². The van der Waals surface area contributed by atoms with Crippen molar-refractivity contribution < 1.29 is 10.2 Å². The first kappa shape index (κ1) is 15.7. The zero-order valence-corrected chi connectivity index (χ0v) is 13.6. The molecule has 23 heavy (non-hydrogen) atoms. The van der Waals surface area contributed by atoms with Gasteiger partial charge in [0.05, 0.1) is 0 Å². The van der Waals surface area contributed by atoms with Crippen molar-refractivity contribution in [3.05, 3.63) is 71.8 Å². The predicted octanol–water partition coefficient (Wildman–Crippen LogP) is 5.05. The number of benzene rings is 2. The van der Waals surface area contributed by atoms with E-state index >= 15 is 0 Å². The molecule has 0 aliphatic heterocycles. The minimum absolute atomic E-state index is 0.00981. The molecule has 2 aromatic rings. The minimum Gasteiger partial charge on any atom is -0.508 e. The minimum atomic E-state index is -0.00981. The number of phenolic OH excluding ortho intramolecular Hbond substituents is 2. The topological polar surface area (TPSA) is 40.5 Å². The Morgan fingerprint density at radius 3 is 2.52 bits per heavy atom. The van der Waals surface area contributed by atoms with Gasteiger partial charge in [0.2, 0.25) is 0 Å². The molecule has 1 aliphatic carbocycles. The standard InChI is InChI=1S/C21H24O2/c1-3-5-20-19-12-11-18(23)14-15(19)6-4-13-21(20,2)16-7-9-17(22)10-8-16/h3,7-12,14,20,22-23H,1,4-6,13H2,2H3. The Kier molecular flexibility index (Phi) is 4.16. The Morgan fingerprint density at radius 1 is 1.13 bits per heavy atom. The molecule has 2 nitrogen and oxygen atoms in total. The van der Waals surface area contributed by atoms with E-state index in [4.69, 9.17) is 0 Å². The van der Waals surface area contributed by atoms with Crippen LogP contribution in [0.3, 0.4) is 0 Å². The van der Waals surface area contributed by atoms with Gasteiger partial charge in [-0.3, -0.25) is 0 Å². The molecule has 2 unspecified atom stereocenters. The molecule has 0 spiro atoms. The van der Waals surface area contributed by atoms with Crippen LogP contribution in [-0.2, 0) is 11.8 Å². The third-order valence-electron chi connectivity index (χ3n) is 5.34. The second-order valence-electron chi connectivity index (χ2n) is 6.78. The monoisotopic (exact) mass is 308 g/mol. The lowest BCUT2D eigenvalue weighted by Crippen LogP contribution is -2.29. The number of allylic oxidation sites excluding steroid dienone is 1. The summed E-state index contributed by atoms with van der Waals surface area (Å²) in [5, 5.41) is 19.4. The molecule has 2 heteroatoms. The van der Waals surface area contributed by atoms with Crippen molar-refractivity contribution in [2.24, 2.45) is 0 Å². The zero-order chi connectivity index (χ0) is 16.4. The van der Waals surface area contributed by atoms with Gasteiger partial charge in [0, 0.05) is 0 Å². The predicted molar refractivity (Wildman–Crippen MR) is 94.1 cm³/mol. The maximum atomic E-state index is 9.83. The van der Waals surface area contributed by atoms with E-state index in [2.05, 4.69) is 19.6 Å². The summed E-state index contributed by atoms with van der Waals surface area (Å²) >= 11 is 0. The van der Waals surface area contributed by atoms with Gasteiger partial charge >= 0.3 is 0 Å². The van der Waals surface area contributed by atoms with E-state index in [0.29, 0.717) is 17.4 Å². The van der Waals surface area contributed by atoms with Gasteiger partial charge in [0.1, 0.15) is 11.5 Å². The second kappa shape index (κ2) is 6.11. The Morgan fingerprint density at radius 2 is 1.83 bits per heavy atom. The summed E-state index contributed by atoms with van der Waals surface area (Å²) in [6.45, 7) is 6.27. The summed E-state index contributed by atoms with van der Waals surface area (Å²) < 4.78 is 0. The summed E-state index contributed by atoms with van der Waals surface area (Å²) in [7, 11) is 0. The Labute approximate surface area is 138 Å². The molecular weight excluding hydrogens is 284 g/mol. The quantitative estimate of drug-likeness (QED) is 0.615. The van der Waals surface area contributed by atoms with Gasteiger partial charge in [-0.05, 0) is 78.0 Å². The van der Waals surface area contributed by atoms with Gasteiger partial charge in [0.25, 0.3) is 0 Å². The fourth-order valence-electron chi connectivity index (χ4n) is 4.05. The van der Waals surface area contributed by atoms with Gasteiger partial charge in [-0.2, -0.15) is 0 Å². The third-order valence-corrected chi connectivity index (χ3v) is 5.34. The highest BCUT2D eigenvalue weighted by atomic mass is 16.3. The first-order chi connectivity index (χ1) is 11.0. The second-order valence-corrected chi connectivity index (χ2v) is 6.78. The van der Waals surface area contributed by atoms with Crippen LogP contribution in [0.1, 0.15) is 48.8 Å². The van der Waals surface area contributed by atoms with Crippen LogP contribution in [0.5, 0.6) is 11.5 Å². The van der Waals surface area contributed by atoms with Crippen LogP contribution in [0.25, 0.3) is 0 Å². The van der Waals surface area contributed by atoms with Crippen LogP contribution in [0.4, 0.5) is 0 Å². The molecule has 0 saturated heterocycles. The van der Waals surface area contributed by atoms with E-state index in [-0.39, 0.29) is 5.41 Å². The molecule has 0 radical (unpaired) electrons. The molecule has 2 atom stereocenters. The lowest BCUT2D eigenvalue weighted by atomic mass is 9.66. The van der Waals surface area contributed by atoms with Crippen LogP contribution in [0.15, 0.2) is 55.1 Å². The molecule has 0 amide bonds. The van der Waals surface area contributed by atoms with E-state index in [0.717, 1.165) is 25.7 Å². The number of phenols is 2. The van der Waals surface area contributed by atoms with Crippen molar-refractivity contribution in [3.63, 3.8) is 0 Å². The molecule has 1 aliphatic rings. The molecule has 0 heterocycles. The molecule has 2 aromatic carbocycles. The van der Waals surface area contributed by atoms with Gasteiger partial charge < -0.3 is 10.2 Å². The lowest BCUT2D eigenvalue weighted by molar-refractivity contribution is 0.350. The SMILES string of the molecule is C=CCC1c2ccc(O)cc2CCCC1(C)c1ccc(O)cc1. The van der Waals surface area contributed by atoms with Crippen LogP contribution < -0.4 is 0 Å². The smallest absolute Gasteiger partial charge is 0.115 e. The van der Waals surface area contributed by atoms with Crippen molar-refractivity contribution in [1.82, 2.24) is 0 Å². The van der Waals surface area contributed by atoms with Crippen LogP contribution in [-0.4, -0.2) is 10.2 Å². The fourth-order valence-corrected chi connectivity index (χ4v) is 4.05. The van der Waals surface area contributed by atoms with Gasteiger partial charge in [-0.15, -0.1) is 6.58 Å². The van der Waals surface area contributed by atoms with Crippen molar-refractivity contribution in [2.45, 2.75) is 43.9 Å². The van der Waals surface area contributed by atoms with Crippen LogP contribution in [0, 0.1) is 0 Å². The molecule has 0 fully saturated rings. The van der Waals surface area contributed by atoms with Crippen LogP contribution in [0.2, 0.25) is 0 Å². The van der Waals surface area contributed by atoms with E-state index in [1.807, 2.05) is 24.3 Å². The normalized spacial score (nSPS) is 23.8. The van der Waals surface area contributed by atoms with E-state index in [1.54, 1.807) is 18.2 Å². The van der Waals surface area contributed by atoms with Crippen molar-refractivity contribution in [3.8, 4) is 11.5 Å². The van der Waals surface area contributed by atoms with Gasteiger partial charge in [-0.1, -0.05) is 31.2 Å². The number of aromatic hydroxyl groups is 2. The third kappa shape index (κ3) is 2.86. The highest BCUT2D eigenvalue weighted by Gasteiger charge is 2.38. The summed E-state index contributed by atoms with van der Waals surface area (Å²) in [5.74, 6) is 0.966. The number of rotatable bonds is 3. The molecule has 0 aromatic heterocycles. The van der Waals surface area contributed by atoms with E-state index in [1.165, 1.54) is 16.7 Å². The molecule has 3 rings (SSSR count). The van der Waals surface area contributed by atoms with Crippen LogP contribution >= 0.6 is 0 Å². The van der Waals surface area contributed by atoms with Crippen molar-refractivity contribution >= 4 is 0 Å². The maximum Gasteiger partial charge on any atom is 0.115 e. The molecule has 0 bridgehead atoms. The maximum absolute atomic E-state index is 9.83. The summed E-state index contributed by atoms with van der Waals surface area (Å²) in [6, 6.07) is 13.4. The summed E-state index contributed by atoms with van der Waals surface area (Å²) in [6.07, 6.45) is 6.04. The molecular formula is C21H24O2. The highest BCUT2D eigenvalue weighted by molar-refractivity contribution is 5.43. The first-order valence-corrected chi connectivity index (χ1v) is 8.27. The van der Waals surface area contributed by atoms with Crippen molar-refractivity contribution in [2.75, 3.05) is 0 Å². The highest BCUT2D eigenvalue weighted by Crippen LogP contribution is 2.48. The largest absolute Gasteiger partial charge is 0.508 e. The Hall–Kier alpha value is -2.22. The van der Waals surface area contributed by atoms with Gasteiger partial charge in [-0.25, -0.2) is 0 Å². The number of hydrogen-bond donors (Lipinski definition) is 2. The molecule has 0 saturated carbocycles. The number of fused-ring (bicyclic) bond motifs is 1. The Balaban J connectivity index is 2.13. The van der Waals surface area contributed by atoms with Crippen molar-refractivity contribution in [1.29, 1.82) is 0 Å². The summed E-state index contributed by atoms with van der Waals surface area (Å²) in [4.78, 5) is 0. The number of aryl methyl sites for hydroxylation is 1. The average Bonchev–Trinajstić information content (AvgIpc) is 2.66.